The molecule has 3 unspecified atom stereocenters. The minimum absolute atomic E-state index is 0.00701. The van der Waals surface area contributed by atoms with Crippen molar-refractivity contribution in [3.63, 3.8) is 0 Å². The van der Waals surface area contributed by atoms with Crippen molar-refractivity contribution in [2.24, 2.45) is 11.8 Å². The highest BCUT2D eigenvalue weighted by Gasteiger charge is 2.36. The van der Waals surface area contributed by atoms with Crippen LogP contribution in [-0.2, 0) is 4.79 Å². The molecular weight excluding hydrogens is 236 g/mol. The number of carbonyl (C=O) groups excluding carboxylic acids is 1. The smallest absolute Gasteiger partial charge is 0.240 e. The fraction of sp³-hybridized carbons (Fsp3) is 0.938. The van der Waals surface area contributed by atoms with Crippen molar-refractivity contribution in [1.82, 2.24) is 10.2 Å². The van der Waals surface area contributed by atoms with Gasteiger partial charge in [0.1, 0.15) is 0 Å². The van der Waals surface area contributed by atoms with E-state index in [0.717, 1.165) is 13.0 Å². The van der Waals surface area contributed by atoms with Crippen LogP contribution in [0.3, 0.4) is 0 Å². The molecule has 1 amide bonds. The fourth-order valence-electron chi connectivity index (χ4n) is 2.91. The van der Waals surface area contributed by atoms with Crippen LogP contribution in [0.25, 0.3) is 0 Å². The highest BCUT2D eigenvalue weighted by Crippen LogP contribution is 2.22. The quantitative estimate of drug-likeness (QED) is 0.732. The summed E-state index contributed by atoms with van der Waals surface area (Å²) in [6.45, 7) is 11.9. The van der Waals surface area contributed by atoms with Crippen LogP contribution in [0.1, 0.15) is 66.7 Å². The highest BCUT2D eigenvalue weighted by molar-refractivity contribution is 5.83. The van der Waals surface area contributed by atoms with Gasteiger partial charge in [0.25, 0.3) is 0 Å². The molecule has 3 atom stereocenters. The van der Waals surface area contributed by atoms with Gasteiger partial charge >= 0.3 is 0 Å². The van der Waals surface area contributed by atoms with Crippen molar-refractivity contribution in [3.05, 3.63) is 0 Å². The predicted octanol–water partition coefficient (Wildman–Crippen LogP) is 3.40. The van der Waals surface area contributed by atoms with Crippen LogP contribution in [0.5, 0.6) is 0 Å². The van der Waals surface area contributed by atoms with Gasteiger partial charge in [-0.05, 0) is 31.6 Å². The second-order valence-electron chi connectivity index (χ2n) is 6.44. The highest BCUT2D eigenvalue weighted by atomic mass is 16.2. The number of nitrogens with zero attached hydrogens (tertiary/aromatic N) is 1. The maximum atomic E-state index is 12.3. The van der Waals surface area contributed by atoms with Crippen LogP contribution < -0.4 is 5.32 Å². The predicted molar refractivity (Wildman–Crippen MR) is 80.9 cm³/mol. The van der Waals surface area contributed by atoms with E-state index in [1.165, 1.54) is 25.7 Å². The van der Waals surface area contributed by atoms with Gasteiger partial charge < -0.3 is 4.90 Å². The first kappa shape index (κ1) is 16.5. The molecule has 0 aromatic rings. The van der Waals surface area contributed by atoms with Crippen molar-refractivity contribution >= 4 is 5.91 Å². The van der Waals surface area contributed by atoms with Crippen molar-refractivity contribution < 1.29 is 4.79 Å². The number of hydrogen-bond donors (Lipinski definition) is 1. The molecular formula is C16H32N2O. The summed E-state index contributed by atoms with van der Waals surface area (Å²) in [5, 5.41) is 3.45. The largest absolute Gasteiger partial charge is 0.326 e. The second kappa shape index (κ2) is 7.88. The molecule has 1 fully saturated rings. The summed E-state index contributed by atoms with van der Waals surface area (Å²) in [6.07, 6.45) is 6.25. The summed E-state index contributed by atoms with van der Waals surface area (Å²) in [6, 6.07) is -0.00701. The minimum atomic E-state index is -0.00701. The summed E-state index contributed by atoms with van der Waals surface area (Å²) < 4.78 is 0. The summed E-state index contributed by atoms with van der Waals surface area (Å²) in [5.41, 5.74) is 0. The molecule has 1 aliphatic rings. The van der Waals surface area contributed by atoms with Crippen LogP contribution in [0, 0.1) is 11.8 Å². The molecule has 1 saturated heterocycles. The first-order chi connectivity index (χ1) is 8.99. The van der Waals surface area contributed by atoms with E-state index in [9.17, 15) is 4.79 Å². The Balaban J connectivity index is 2.62. The number of amides is 1. The lowest BCUT2D eigenvalue weighted by atomic mass is 9.98. The van der Waals surface area contributed by atoms with Gasteiger partial charge in [-0.2, -0.15) is 0 Å². The van der Waals surface area contributed by atoms with Crippen molar-refractivity contribution in [3.8, 4) is 0 Å². The Kier molecular flexibility index (Phi) is 6.84. The van der Waals surface area contributed by atoms with Crippen LogP contribution >= 0.6 is 0 Å². The van der Waals surface area contributed by atoms with Crippen LogP contribution in [-0.4, -0.2) is 29.6 Å². The van der Waals surface area contributed by atoms with Crippen LogP contribution in [0.15, 0.2) is 0 Å². The lowest BCUT2D eigenvalue weighted by Crippen LogP contribution is -2.41. The average molecular weight is 268 g/mol. The van der Waals surface area contributed by atoms with E-state index in [2.05, 4.69) is 37.9 Å². The van der Waals surface area contributed by atoms with E-state index in [0.29, 0.717) is 17.7 Å². The van der Waals surface area contributed by atoms with Gasteiger partial charge in [0.15, 0.2) is 0 Å². The molecule has 1 rings (SSSR count). The fourth-order valence-corrected chi connectivity index (χ4v) is 2.91. The zero-order valence-corrected chi connectivity index (χ0v) is 13.4. The minimum Gasteiger partial charge on any atom is -0.326 e. The Hall–Kier alpha value is -0.570. The Morgan fingerprint density at radius 2 is 2.00 bits per heavy atom. The Morgan fingerprint density at radius 1 is 1.32 bits per heavy atom. The van der Waals surface area contributed by atoms with Gasteiger partial charge in [-0.15, -0.1) is 0 Å². The normalized spacial score (nSPS) is 25.4. The van der Waals surface area contributed by atoms with Crippen molar-refractivity contribution in [2.75, 3.05) is 6.54 Å². The molecule has 0 bridgehead atoms. The second-order valence-corrected chi connectivity index (χ2v) is 6.44. The first-order valence-corrected chi connectivity index (χ1v) is 8.06. The monoisotopic (exact) mass is 268 g/mol. The molecule has 3 heteroatoms. The Bertz CT molecular complexity index is 278. The number of hydrogen-bond acceptors (Lipinski definition) is 2. The van der Waals surface area contributed by atoms with Crippen molar-refractivity contribution in [2.45, 2.75) is 78.9 Å². The molecule has 3 nitrogen and oxygen atoms in total. The molecule has 1 N–H and O–H groups in total. The molecule has 0 aromatic heterocycles. The molecule has 19 heavy (non-hydrogen) atoms. The molecule has 112 valence electrons. The third-order valence-corrected chi connectivity index (χ3v) is 4.16. The standard InChI is InChI=1S/C16H32N2O/c1-6-8-9-14(7-2)11-18-15(10-12(3)4)17-13(5)16(18)19/h12-15,17H,6-11H2,1-5H3. The van der Waals surface area contributed by atoms with E-state index in [1.807, 2.05) is 6.92 Å². The van der Waals surface area contributed by atoms with E-state index in [4.69, 9.17) is 0 Å². The first-order valence-electron chi connectivity index (χ1n) is 8.06. The molecule has 0 radical (unpaired) electrons. The molecule has 0 aromatic carbocycles. The van der Waals surface area contributed by atoms with Gasteiger partial charge in [-0.25, -0.2) is 0 Å². The molecule has 0 aliphatic carbocycles. The maximum Gasteiger partial charge on any atom is 0.240 e. The molecule has 0 spiro atoms. The number of unbranched alkanes of at least 4 members (excludes halogenated alkanes) is 1. The lowest BCUT2D eigenvalue weighted by molar-refractivity contribution is -0.130. The Labute approximate surface area is 119 Å². The van der Waals surface area contributed by atoms with Crippen molar-refractivity contribution in [1.29, 1.82) is 0 Å². The van der Waals surface area contributed by atoms with E-state index in [-0.39, 0.29) is 12.2 Å². The maximum absolute atomic E-state index is 12.3. The van der Waals surface area contributed by atoms with Gasteiger partial charge in [-0.3, -0.25) is 10.1 Å². The summed E-state index contributed by atoms with van der Waals surface area (Å²) in [5.74, 6) is 1.57. The summed E-state index contributed by atoms with van der Waals surface area (Å²) in [4.78, 5) is 14.4. The topological polar surface area (TPSA) is 32.3 Å². The zero-order chi connectivity index (χ0) is 14.4. The number of carbonyl (C=O) groups is 1. The number of nitrogens with one attached hydrogen (secondary N) is 1. The zero-order valence-electron chi connectivity index (χ0n) is 13.4. The lowest BCUT2D eigenvalue weighted by Gasteiger charge is -2.29. The van der Waals surface area contributed by atoms with Crippen LogP contribution in [0.2, 0.25) is 0 Å². The van der Waals surface area contributed by atoms with Crippen LogP contribution in [0.4, 0.5) is 0 Å². The molecule has 0 saturated carbocycles. The van der Waals surface area contributed by atoms with E-state index in [1.54, 1.807) is 0 Å². The molecule has 1 heterocycles. The average Bonchev–Trinajstić information content (AvgIpc) is 2.60. The summed E-state index contributed by atoms with van der Waals surface area (Å²) in [7, 11) is 0. The van der Waals surface area contributed by atoms with E-state index >= 15 is 0 Å². The van der Waals surface area contributed by atoms with Gasteiger partial charge in [0, 0.05) is 6.54 Å². The third-order valence-electron chi connectivity index (χ3n) is 4.16. The SMILES string of the molecule is CCCCC(CC)CN1C(=O)C(C)NC1CC(C)C. The van der Waals surface area contributed by atoms with Gasteiger partial charge in [0.05, 0.1) is 12.2 Å². The van der Waals surface area contributed by atoms with Gasteiger partial charge in [-0.1, -0.05) is 47.0 Å². The third kappa shape index (κ3) is 4.79. The molecule has 1 aliphatic heterocycles. The summed E-state index contributed by atoms with van der Waals surface area (Å²) >= 11 is 0. The Morgan fingerprint density at radius 3 is 2.53 bits per heavy atom. The number of rotatable bonds is 8. The van der Waals surface area contributed by atoms with Gasteiger partial charge in [0.2, 0.25) is 5.91 Å². The van der Waals surface area contributed by atoms with E-state index < -0.39 is 0 Å².